The lowest BCUT2D eigenvalue weighted by molar-refractivity contribution is -0.126. The van der Waals surface area contributed by atoms with Crippen molar-refractivity contribution in [1.29, 1.82) is 5.26 Å². The summed E-state index contributed by atoms with van der Waals surface area (Å²) in [5.74, 6) is -0.289. The van der Waals surface area contributed by atoms with Crippen LogP contribution in [0.15, 0.2) is 53.4 Å². The van der Waals surface area contributed by atoms with Gasteiger partial charge in [-0.05, 0) is 43.0 Å². The summed E-state index contributed by atoms with van der Waals surface area (Å²) in [5, 5.41) is 12.2. The van der Waals surface area contributed by atoms with Crippen molar-refractivity contribution < 1.29 is 17.9 Å². The molecule has 0 saturated carbocycles. The Morgan fingerprint density at radius 3 is 2.42 bits per heavy atom. The first-order valence-corrected chi connectivity index (χ1v) is 11.8. The van der Waals surface area contributed by atoms with Crippen LogP contribution in [-0.2, 0) is 32.7 Å². The Morgan fingerprint density at radius 2 is 1.77 bits per heavy atom. The van der Waals surface area contributed by atoms with Crippen LogP contribution in [0.4, 0.5) is 0 Å². The molecule has 0 aliphatic carbocycles. The topological polar surface area (TPSA) is 99.5 Å². The van der Waals surface area contributed by atoms with Gasteiger partial charge in [0, 0.05) is 32.2 Å². The number of amides is 1. The third-order valence-corrected chi connectivity index (χ3v) is 7.37. The number of piperidine rings is 1. The SMILES string of the molecule is CCOCc1ccc(CNC(=O)C2CCN(S(=O)(=O)c3ccccc3C#N)CC2)cc1. The van der Waals surface area contributed by atoms with Crippen molar-refractivity contribution in [2.45, 2.75) is 37.8 Å². The summed E-state index contributed by atoms with van der Waals surface area (Å²) in [6.07, 6.45) is 0.903. The van der Waals surface area contributed by atoms with Crippen molar-refractivity contribution in [2.75, 3.05) is 19.7 Å². The van der Waals surface area contributed by atoms with E-state index in [0.717, 1.165) is 11.1 Å². The number of hydrogen-bond donors (Lipinski definition) is 1. The Hall–Kier alpha value is -2.73. The maximum absolute atomic E-state index is 12.9. The second kappa shape index (κ2) is 10.5. The average Bonchev–Trinajstić information content (AvgIpc) is 2.81. The van der Waals surface area contributed by atoms with Crippen LogP contribution in [0, 0.1) is 17.2 Å². The first kappa shape index (κ1) is 22.9. The fraction of sp³-hybridized carbons (Fsp3) is 0.391. The molecule has 1 saturated heterocycles. The van der Waals surface area contributed by atoms with Gasteiger partial charge in [-0.1, -0.05) is 36.4 Å². The molecule has 1 heterocycles. The molecule has 1 N–H and O–H groups in total. The molecular weight excluding hydrogens is 414 g/mol. The summed E-state index contributed by atoms with van der Waals surface area (Å²) in [6.45, 7) is 4.14. The van der Waals surface area contributed by atoms with Gasteiger partial charge in [-0.25, -0.2) is 8.42 Å². The molecule has 0 radical (unpaired) electrons. The summed E-state index contributed by atoms with van der Waals surface area (Å²) in [6, 6.07) is 16.0. The molecule has 0 atom stereocenters. The van der Waals surface area contributed by atoms with E-state index in [1.54, 1.807) is 12.1 Å². The number of hydrogen-bond acceptors (Lipinski definition) is 5. The second-order valence-corrected chi connectivity index (χ2v) is 9.36. The van der Waals surface area contributed by atoms with Gasteiger partial charge in [-0.2, -0.15) is 9.57 Å². The summed E-state index contributed by atoms with van der Waals surface area (Å²) in [5.41, 5.74) is 2.22. The van der Waals surface area contributed by atoms with Gasteiger partial charge in [0.2, 0.25) is 15.9 Å². The van der Waals surface area contributed by atoms with Gasteiger partial charge in [0.25, 0.3) is 0 Å². The number of carbonyl (C=O) groups excluding carboxylic acids is 1. The minimum absolute atomic E-state index is 0.0215. The second-order valence-electron chi connectivity index (χ2n) is 7.46. The Bertz CT molecular complexity index is 1040. The van der Waals surface area contributed by atoms with Crippen LogP contribution < -0.4 is 5.32 Å². The lowest BCUT2D eigenvalue weighted by atomic mass is 9.97. The van der Waals surface area contributed by atoms with Crippen molar-refractivity contribution >= 4 is 15.9 Å². The quantitative estimate of drug-likeness (QED) is 0.679. The monoisotopic (exact) mass is 441 g/mol. The highest BCUT2D eigenvalue weighted by Gasteiger charge is 2.33. The normalized spacial score (nSPS) is 15.4. The van der Waals surface area contributed by atoms with E-state index in [9.17, 15) is 18.5 Å². The molecule has 164 valence electrons. The molecule has 31 heavy (non-hydrogen) atoms. The number of carbonyl (C=O) groups is 1. The third kappa shape index (κ3) is 5.70. The van der Waals surface area contributed by atoms with Crippen molar-refractivity contribution in [3.63, 3.8) is 0 Å². The predicted octanol–water partition coefficient (Wildman–Crippen LogP) is 2.81. The zero-order valence-electron chi connectivity index (χ0n) is 17.6. The molecule has 8 heteroatoms. The number of sulfonamides is 1. The van der Waals surface area contributed by atoms with E-state index >= 15 is 0 Å². The number of benzene rings is 2. The number of ether oxygens (including phenoxy) is 1. The van der Waals surface area contributed by atoms with E-state index in [1.165, 1.54) is 16.4 Å². The zero-order chi connectivity index (χ0) is 22.3. The summed E-state index contributed by atoms with van der Waals surface area (Å²) < 4.78 is 32.6. The number of nitrogens with zero attached hydrogens (tertiary/aromatic N) is 2. The van der Waals surface area contributed by atoms with E-state index in [1.807, 2.05) is 37.3 Å². The third-order valence-electron chi connectivity index (χ3n) is 5.41. The first-order chi connectivity index (χ1) is 15.0. The molecule has 2 aromatic carbocycles. The zero-order valence-corrected chi connectivity index (χ0v) is 18.4. The molecule has 0 unspecified atom stereocenters. The van der Waals surface area contributed by atoms with Gasteiger partial charge >= 0.3 is 0 Å². The van der Waals surface area contributed by atoms with Crippen molar-refractivity contribution in [3.05, 3.63) is 65.2 Å². The first-order valence-electron chi connectivity index (χ1n) is 10.4. The van der Waals surface area contributed by atoms with Crippen LogP contribution >= 0.6 is 0 Å². The van der Waals surface area contributed by atoms with E-state index in [-0.39, 0.29) is 35.4 Å². The molecule has 1 fully saturated rings. The fourth-order valence-corrected chi connectivity index (χ4v) is 5.20. The molecule has 2 aromatic rings. The lowest BCUT2D eigenvalue weighted by Crippen LogP contribution is -2.43. The molecule has 1 amide bonds. The molecule has 3 rings (SSSR count). The van der Waals surface area contributed by atoms with E-state index in [0.29, 0.717) is 32.6 Å². The standard InChI is InChI=1S/C23H27N3O4S/c1-2-30-17-19-9-7-18(8-10-19)16-25-23(27)20-11-13-26(14-12-20)31(28,29)22-6-4-3-5-21(22)15-24/h3-10,20H,2,11-14,16-17H2,1H3,(H,25,27). The van der Waals surface area contributed by atoms with Gasteiger partial charge in [0.1, 0.15) is 6.07 Å². The van der Waals surface area contributed by atoms with Gasteiger partial charge in [0.05, 0.1) is 17.1 Å². The molecule has 7 nitrogen and oxygen atoms in total. The van der Waals surface area contributed by atoms with Crippen molar-refractivity contribution in [1.82, 2.24) is 9.62 Å². The Balaban J connectivity index is 1.52. The van der Waals surface area contributed by atoms with Gasteiger partial charge in [-0.15, -0.1) is 0 Å². The summed E-state index contributed by atoms with van der Waals surface area (Å²) in [7, 11) is -3.75. The highest BCUT2D eigenvalue weighted by Crippen LogP contribution is 2.25. The van der Waals surface area contributed by atoms with Gasteiger partial charge < -0.3 is 10.1 Å². The Kier molecular flexibility index (Phi) is 7.80. The van der Waals surface area contributed by atoms with Gasteiger partial charge in [0.15, 0.2) is 0 Å². The fourth-order valence-electron chi connectivity index (χ4n) is 3.59. The molecule has 0 aromatic heterocycles. The number of rotatable bonds is 8. The molecule has 1 aliphatic rings. The van der Waals surface area contributed by atoms with E-state index in [2.05, 4.69) is 5.32 Å². The summed E-state index contributed by atoms with van der Waals surface area (Å²) in [4.78, 5) is 12.6. The minimum atomic E-state index is -3.75. The van der Waals surface area contributed by atoms with Crippen molar-refractivity contribution in [3.8, 4) is 6.07 Å². The average molecular weight is 442 g/mol. The van der Waals surface area contributed by atoms with Crippen LogP contribution in [0.5, 0.6) is 0 Å². The highest BCUT2D eigenvalue weighted by atomic mass is 32.2. The highest BCUT2D eigenvalue weighted by molar-refractivity contribution is 7.89. The predicted molar refractivity (Wildman–Crippen MR) is 116 cm³/mol. The van der Waals surface area contributed by atoms with Crippen LogP contribution in [0.1, 0.15) is 36.5 Å². The lowest BCUT2D eigenvalue weighted by Gasteiger charge is -2.30. The maximum atomic E-state index is 12.9. The molecular formula is C23H27N3O4S. The minimum Gasteiger partial charge on any atom is -0.377 e. The van der Waals surface area contributed by atoms with Crippen molar-refractivity contribution in [2.24, 2.45) is 5.92 Å². The summed E-state index contributed by atoms with van der Waals surface area (Å²) >= 11 is 0. The largest absolute Gasteiger partial charge is 0.377 e. The molecule has 1 aliphatic heterocycles. The van der Waals surface area contributed by atoms with Crippen LogP contribution in [0.3, 0.4) is 0 Å². The number of nitrogens with one attached hydrogen (secondary N) is 1. The molecule has 0 bridgehead atoms. The Labute approximate surface area is 183 Å². The van der Waals surface area contributed by atoms with Crippen LogP contribution in [-0.4, -0.2) is 38.3 Å². The van der Waals surface area contributed by atoms with E-state index in [4.69, 9.17) is 4.74 Å². The molecule has 0 spiro atoms. The number of nitriles is 1. The van der Waals surface area contributed by atoms with Crippen LogP contribution in [0.2, 0.25) is 0 Å². The van der Waals surface area contributed by atoms with E-state index < -0.39 is 10.0 Å². The Morgan fingerprint density at radius 1 is 1.13 bits per heavy atom. The smallest absolute Gasteiger partial charge is 0.244 e. The maximum Gasteiger partial charge on any atom is 0.244 e. The van der Waals surface area contributed by atoms with Gasteiger partial charge in [-0.3, -0.25) is 4.79 Å². The van der Waals surface area contributed by atoms with Crippen LogP contribution in [0.25, 0.3) is 0 Å².